The molecule has 0 aromatic heterocycles. The lowest BCUT2D eigenvalue weighted by Crippen LogP contribution is -2.33. The molecule has 0 aromatic carbocycles. The van der Waals surface area contributed by atoms with Crippen molar-refractivity contribution in [3.05, 3.63) is 0 Å². The van der Waals surface area contributed by atoms with Gasteiger partial charge in [0.15, 0.2) is 0 Å². The number of amides is 2. The second-order valence-electron chi connectivity index (χ2n) is 3.61. The average Bonchev–Trinajstić information content (AvgIpc) is 2.97. The number of rotatable bonds is 4. The van der Waals surface area contributed by atoms with Gasteiger partial charge in [0.05, 0.1) is 17.6 Å². The summed E-state index contributed by atoms with van der Waals surface area (Å²) >= 11 is 5.02. The maximum Gasteiger partial charge on any atom is 0.323 e. The van der Waals surface area contributed by atoms with Crippen LogP contribution in [0.4, 0.5) is 4.79 Å². The van der Waals surface area contributed by atoms with Crippen LogP contribution in [0.2, 0.25) is 0 Å². The highest BCUT2D eigenvalue weighted by Crippen LogP contribution is 2.15. The van der Waals surface area contributed by atoms with Crippen LogP contribution >= 0.6 is 12.2 Å². The third kappa shape index (κ3) is 3.84. The van der Waals surface area contributed by atoms with Gasteiger partial charge in [-0.25, -0.2) is 4.79 Å². The Morgan fingerprint density at radius 3 is 2.93 bits per heavy atom. The first kappa shape index (κ1) is 11.9. The Morgan fingerprint density at radius 2 is 2.40 bits per heavy atom. The lowest BCUT2D eigenvalue weighted by molar-refractivity contribution is 0.233. The summed E-state index contributed by atoms with van der Waals surface area (Å²) in [6.07, 6.45) is 4.02. The lowest BCUT2D eigenvalue weighted by Gasteiger charge is -2.06. The molecule has 0 aliphatic carbocycles. The number of nitrogens with zero attached hydrogens (tertiary/aromatic N) is 2. The number of nitriles is 1. The molecule has 1 saturated heterocycles. The summed E-state index contributed by atoms with van der Waals surface area (Å²) in [5.41, 5.74) is 0. The molecule has 0 saturated carbocycles. The number of thiocarbonyl (C=S) groups is 1. The van der Waals surface area contributed by atoms with Gasteiger partial charge in [0, 0.05) is 0 Å². The monoisotopic (exact) mass is 225 g/mol. The molecule has 15 heavy (non-hydrogen) atoms. The van der Waals surface area contributed by atoms with E-state index in [9.17, 15) is 4.79 Å². The fourth-order valence-electron chi connectivity index (χ4n) is 1.26. The van der Waals surface area contributed by atoms with Gasteiger partial charge >= 0.3 is 6.03 Å². The van der Waals surface area contributed by atoms with Crippen molar-refractivity contribution in [2.75, 3.05) is 6.54 Å². The Labute approximate surface area is 95.2 Å². The predicted octanol–water partition coefficient (Wildman–Crippen LogP) is 1.81. The molecular weight excluding hydrogens is 210 g/mol. The van der Waals surface area contributed by atoms with Crippen LogP contribution < -0.4 is 5.32 Å². The van der Waals surface area contributed by atoms with Crippen molar-refractivity contribution in [3.63, 3.8) is 0 Å². The van der Waals surface area contributed by atoms with Crippen LogP contribution in [0.1, 0.15) is 32.6 Å². The second-order valence-corrected chi connectivity index (χ2v) is 4.10. The third-order valence-electron chi connectivity index (χ3n) is 2.28. The Balaban J connectivity index is 2.16. The van der Waals surface area contributed by atoms with Crippen molar-refractivity contribution >= 4 is 23.2 Å². The molecule has 1 atom stereocenters. The van der Waals surface area contributed by atoms with Crippen LogP contribution in [0, 0.1) is 11.3 Å². The fourth-order valence-corrected chi connectivity index (χ4v) is 1.49. The topological polar surface area (TPSA) is 55.9 Å². The standard InChI is InChI=1S/C10H15N3OS/c1-2-3-4-5-9(15)12-10(14)13-7-8(13)6-11/h8H,2-5,7H2,1H3,(H,12,14,15). The second kappa shape index (κ2) is 5.66. The smallest absolute Gasteiger partial charge is 0.303 e. The molecule has 5 heteroatoms. The van der Waals surface area contributed by atoms with Gasteiger partial charge in [0.25, 0.3) is 0 Å². The molecule has 1 unspecified atom stereocenters. The highest BCUT2D eigenvalue weighted by Gasteiger charge is 2.38. The number of unbranched alkanes of at least 4 members (excludes halogenated alkanes) is 2. The van der Waals surface area contributed by atoms with Crippen LogP contribution in [0.15, 0.2) is 0 Å². The molecule has 1 rings (SSSR count). The van der Waals surface area contributed by atoms with Crippen molar-refractivity contribution in [2.45, 2.75) is 38.6 Å². The van der Waals surface area contributed by atoms with Crippen molar-refractivity contribution in [3.8, 4) is 6.07 Å². The highest BCUT2D eigenvalue weighted by atomic mass is 32.1. The first-order valence-electron chi connectivity index (χ1n) is 5.19. The molecule has 2 amide bonds. The van der Waals surface area contributed by atoms with Gasteiger partial charge in [-0.15, -0.1) is 0 Å². The zero-order valence-electron chi connectivity index (χ0n) is 8.82. The molecule has 82 valence electrons. The van der Waals surface area contributed by atoms with Crippen LogP contribution in [-0.2, 0) is 0 Å². The van der Waals surface area contributed by atoms with Gasteiger partial charge in [-0.05, 0) is 12.8 Å². The van der Waals surface area contributed by atoms with Gasteiger partial charge < -0.3 is 10.2 Å². The van der Waals surface area contributed by atoms with E-state index >= 15 is 0 Å². The van der Waals surface area contributed by atoms with E-state index in [4.69, 9.17) is 17.5 Å². The van der Waals surface area contributed by atoms with Crippen molar-refractivity contribution in [1.82, 2.24) is 10.2 Å². The normalized spacial score (nSPS) is 18.1. The molecule has 0 bridgehead atoms. The van der Waals surface area contributed by atoms with Gasteiger partial charge in [0.1, 0.15) is 6.04 Å². The molecule has 1 heterocycles. The Hall–Kier alpha value is -1.15. The predicted molar refractivity (Wildman–Crippen MR) is 61.4 cm³/mol. The largest absolute Gasteiger partial charge is 0.323 e. The number of carbonyl (C=O) groups is 1. The number of carbonyl (C=O) groups excluding carboxylic acids is 1. The SMILES string of the molecule is CCCCCC(=S)NC(=O)N1CC1C#N. The van der Waals surface area contributed by atoms with E-state index in [2.05, 4.69) is 12.2 Å². The highest BCUT2D eigenvalue weighted by molar-refractivity contribution is 7.80. The molecular formula is C10H15N3OS. The maximum absolute atomic E-state index is 11.4. The van der Waals surface area contributed by atoms with Crippen molar-refractivity contribution in [1.29, 1.82) is 5.26 Å². The fraction of sp³-hybridized carbons (Fsp3) is 0.700. The third-order valence-corrected chi connectivity index (χ3v) is 2.58. The van der Waals surface area contributed by atoms with Gasteiger partial charge in [-0.2, -0.15) is 5.26 Å². The van der Waals surface area contributed by atoms with E-state index in [1.807, 2.05) is 6.07 Å². The van der Waals surface area contributed by atoms with Crippen LogP contribution in [-0.4, -0.2) is 28.5 Å². The van der Waals surface area contributed by atoms with E-state index in [1.165, 1.54) is 4.90 Å². The number of hydrogen-bond acceptors (Lipinski definition) is 3. The zero-order chi connectivity index (χ0) is 11.3. The van der Waals surface area contributed by atoms with E-state index in [-0.39, 0.29) is 12.1 Å². The van der Waals surface area contributed by atoms with E-state index in [1.54, 1.807) is 0 Å². The Kier molecular flexibility index (Phi) is 4.50. The zero-order valence-corrected chi connectivity index (χ0v) is 9.64. The van der Waals surface area contributed by atoms with Gasteiger partial charge in [-0.3, -0.25) is 0 Å². The summed E-state index contributed by atoms with van der Waals surface area (Å²) in [6.45, 7) is 2.65. The summed E-state index contributed by atoms with van der Waals surface area (Å²) in [6, 6.07) is 1.54. The minimum atomic E-state index is -0.247. The lowest BCUT2D eigenvalue weighted by atomic mass is 10.2. The Bertz CT molecular complexity index is 298. The van der Waals surface area contributed by atoms with Gasteiger partial charge in [0.2, 0.25) is 0 Å². The minimum absolute atomic E-state index is 0.233. The number of urea groups is 1. The molecule has 4 nitrogen and oxygen atoms in total. The molecule has 1 aliphatic rings. The minimum Gasteiger partial charge on any atom is -0.303 e. The molecule has 0 aromatic rings. The molecule has 1 N–H and O–H groups in total. The first-order chi connectivity index (χ1) is 7.19. The summed E-state index contributed by atoms with van der Waals surface area (Å²) in [4.78, 5) is 13.4. The molecule has 0 radical (unpaired) electrons. The summed E-state index contributed by atoms with van der Waals surface area (Å²) in [7, 11) is 0. The van der Waals surface area contributed by atoms with E-state index in [0.717, 1.165) is 25.7 Å². The van der Waals surface area contributed by atoms with Crippen LogP contribution in [0.3, 0.4) is 0 Å². The van der Waals surface area contributed by atoms with Gasteiger partial charge in [-0.1, -0.05) is 32.0 Å². The first-order valence-corrected chi connectivity index (χ1v) is 5.60. The number of hydrogen-bond donors (Lipinski definition) is 1. The summed E-state index contributed by atoms with van der Waals surface area (Å²) in [5, 5.41) is 11.2. The van der Waals surface area contributed by atoms with Crippen molar-refractivity contribution < 1.29 is 4.79 Å². The Morgan fingerprint density at radius 1 is 1.67 bits per heavy atom. The van der Waals surface area contributed by atoms with E-state index in [0.29, 0.717) is 11.5 Å². The maximum atomic E-state index is 11.4. The quantitative estimate of drug-likeness (QED) is 0.451. The van der Waals surface area contributed by atoms with Crippen molar-refractivity contribution in [2.24, 2.45) is 0 Å². The van der Waals surface area contributed by atoms with Crippen LogP contribution in [0.25, 0.3) is 0 Å². The average molecular weight is 225 g/mol. The van der Waals surface area contributed by atoms with Crippen LogP contribution in [0.5, 0.6) is 0 Å². The van der Waals surface area contributed by atoms with E-state index < -0.39 is 0 Å². The molecule has 1 fully saturated rings. The summed E-state index contributed by atoms with van der Waals surface area (Å²) < 4.78 is 0. The number of nitrogens with one attached hydrogen (secondary N) is 1. The molecule has 1 aliphatic heterocycles. The summed E-state index contributed by atoms with van der Waals surface area (Å²) in [5.74, 6) is 0. The molecule has 0 spiro atoms.